The van der Waals surface area contributed by atoms with Crippen LogP contribution in [0.4, 0.5) is 18.9 Å². The molecule has 0 saturated carbocycles. The summed E-state index contributed by atoms with van der Waals surface area (Å²) in [4.78, 5) is 12.6. The maximum absolute atomic E-state index is 13.4. The second-order valence-corrected chi connectivity index (χ2v) is 6.71. The first-order valence-electron chi connectivity index (χ1n) is 7.29. The Morgan fingerprint density at radius 2 is 1.58 bits per heavy atom. The van der Waals surface area contributed by atoms with Crippen LogP contribution in [-0.4, -0.2) is 16.2 Å². The number of carbonyl (C=O) groups excluding carboxylic acids is 1. The summed E-state index contributed by atoms with van der Waals surface area (Å²) in [5, 5.41) is 12.4. The van der Waals surface area contributed by atoms with Gasteiger partial charge >= 0.3 is 0 Å². The molecule has 0 atom stereocenters. The summed E-state index contributed by atoms with van der Waals surface area (Å²) in [5.74, 6) is -5.19. The van der Waals surface area contributed by atoms with E-state index in [0.717, 1.165) is 5.56 Å². The second-order valence-electron chi connectivity index (χ2n) is 6.71. The minimum atomic E-state index is -1.64. The molecule has 0 aromatic heterocycles. The molecule has 0 amide bonds. The topological polar surface area (TPSA) is 43.1 Å². The fraction of sp³-hybridized carbons (Fsp3) is 0.222. The zero-order valence-electron chi connectivity index (χ0n) is 13.3. The van der Waals surface area contributed by atoms with E-state index in [0.29, 0.717) is 16.9 Å². The van der Waals surface area contributed by atoms with Crippen LogP contribution >= 0.6 is 0 Å². The van der Waals surface area contributed by atoms with Crippen molar-refractivity contribution in [3.05, 3.63) is 69.7 Å². The summed E-state index contributed by atoms with van der Waals surface area (Å²) in [6.07, 6.45) is 0. The smallest absolute Gasteiger partial charge is 0.273 e. The Balaban J connectivity index is 2.16. The highest BCUT2D eigenvalue weighted by Crippen LogP contribution is 2.33. The quantitative estimate of drug-likeness (QED) is 0.445. The van der Waals surface area contributed by atoms with Gasteiger partial charge in [-0.05, 0) is 29.2 Å². The van der Waals surface area contributed by atoms with Crippen LogP contribution in [0.1, 0.15) is 42.3 Å². The molecule has 1 aliphatic rings. The molecule has 0 N–H and O–H groups in total. The fourth-order valence-corrected chi connectivity index (χ4v) is 2.64. The molecule has 1 aliphatic heterocycles. The highest BCUT2D eigenvalue weighted by atomic mass is 19.2. The predicted octanol–water partition coefficient (Wildman–Crippen LogP) is 4.23. The fourth-order valence-electron chi connectivity index (χ4n) is 2.64. The first-order chi connectivity index (χ1) is 11.1. The number of fused-ring (bicyclic) bond motifs is 1. The van der Waals surface area contributed by atoms with Gasteiger partial charge in [0.2, 0.25) is 5.69 Å². The number of benzene rings is 2. The van der Waals surface area contributed by atoms with Crippen LogP contribution in [0.15, 0.2) is 30.3 Å². The number of nitrogens with zero attached hydrogens (tertiary/aromatic N) is 1. The van der Waals surface area contributed by atoms with Crippen molar-refractivity contribution in [1.29, 1.82) is 0 Å². The molecule has 0 aliphatic carbocycles. The molecule has 3 nitrogen and oxygen atoms in total. The molecule has 0 fully saturated rings. The van der Waals surface area contributed by atoms with Crippen molar-refractivity contribution in [3.63, 3.8) is 0 Å². The van der Waals surface area contributed by atoms with Gasteiger partial charge in [0.25, 0.3) is 11.5 Å². The Morgan fingerprint density at radius 1 is 1.00 bits per heavy atom. The van der Waals surface area contributed by atoms with Crippen LogP contribution in [0.2, 0.25) is 0 Å². The van der Waals surface area contributed by atoms with Crippen molar-refractivity contribution in [2.75, 3.05) is 0 Å². The van der Waals surface area contributed by atoms with Crippen molar-refractivity contribution < 1.29 is 22.7 Å². The molecule has 0 unspecified atom stereocenters. The molecule has 2 aromatic carbocycles. The number of halogens is 3. The average Bonchev–Trinajstić information content (AvgIpc) is 2.75. The Labute approximate surface area is 136 Å². The molecular weight excluding hydrogens is 319 g/mol. The van der Waals surface area contributed by atoms with Gasteiger partial charge in [0.05, 0.1) is 5.56 Å². The standard InChI is InChI=1S/C18H14F3NO2/c1-18(2,3)10-4-5-14-11(8-10)17(23)16(22(14)24)9-6-12(19)15(21)13(20)7-9/h4-8H,1-3H3. The van der Waals surface area contributed by atoms with Crippen LogP contribution in [0.25, 0.3) is 0 Å². The monoisotopic (exact) mass is 333 g/mol. The minimum absolute atomic E-state index is 0.105. The van der Waals surface area contributed by atoms with Crippen LogP contribution in [-0.2, 0) is 5.41 Å². The third kappa shape index (κ3) is 2.38. The predicted molar refractivity (Wildman–Crippen MR) is 83.2 cm³/mol. The molecule has 1 heterocycles. The molecule has 0 bridgehead atoms. The van der Waals surface area contributed by atoms with Crippen molar-refractivity contribution in [3.8, 4) is 0 Å². The minimum Gasteiger partial charge on any atom is -0.618 e. The largest absolute Gasteiger partial charge is 0.618 e. The van der Waals surface area contributed by atoms with Crippen LogP contribution < -0.4 is 0 Å². The van der Waals surface area contributed by atoms with Gasteiger partial charge in [0.15, 0.2) is 17.5 Å². The molecular formula is C18H14F3NO2. The Morgan fingerprint density at radius 3 is 2.12 bits per heavy atom. The SMILES string of the molecule is CC(C)(C)c1ccc2c(c1)C(=O)C(c1cc(F)c(F)c(F)c1)=[N+]2[O-]. The van der Waals surface area contributed by atoms with E-state index < -0.39 is 28.9 Å². The Bertz CT molecular complexity index is 888. The van der Waals surface area contributed by atoms with Gasteiger partial charge in [-0.15, -0.1) is 0 Å². The summed E-state index contributed by atoms with van der Waals surface area (Å²) in [6.45, 7) is 5.87. The lowest BCUT2D eigenvalue weighted by molar-refractivity contribution is -0.355. The molecule has 0 radical (unpaired) electrons. The van der Waals surface area contributed by atoms with Crippen LogP contribution in [0, 0.1) is 22.7 Å². The summed E-state index contributed by atoms with van der Waals surface area (Å²) in [7, 11) is 0. The Hall–Kier alpha value is -2.63. The van der Waals surface area contributed by atoms with Gasteiger partial charge in [-0.25, -0.2) is 13.2 Å². The molecule has 124 valence electrons. The van der Waals surface area contributed by atoms with E-state index in [4.69, 9.17) is 0 Å². The zero-order valence-corrected chi connectivity index (χ0v) is 13.3. The number of hydrogen-bond acceptors (Lipinski definition) is 2. The zero-order chi connectivity index (χ0) is 17.8. The summed E-state index contributed by atoms with van der Waals surface area (Å²) in [5.41, 5.74) is 0.167. The third-order valence-electron chi connectivity index (χ3n) is 4.00. The van der Waals surface area contributed by atoms with Crippen molar-refractivity contribution >= 4 is 17.2 Å². The number of carbonyl (C=O) groups is 1. The molecule has 6 heteroatoms. The van der Waals surface area contributed by atoms with Gasteiger partial charge in [-0.2, -0.15) is 4.74 Å². The summed E-state index contributed by atoms with van der Waals surface area (Å²) < 4.78 is 40.3. The molecule has 24 heavy (non-hydrogen) atoms. The Kier molecular flexibility index (Phi) is 3.51. The van der Waals surface area contributed by atoms with E-state index in [2.05, 4.69) is 0 Å². The van der Waals surface area contributed by atoms with E-state index >= 15 is 0 Å². The lowest BCUT2D eigenvalue weighted by atomic mass is 9.85. The highest BCUT2D eigenvalue weighted by molar-refractivity contribution is 6.52. The van der Waals surface area contributed by atoms with E-state index in [1.54, 1.807) is 12.1 Å². The second kappa shape index (κ2) is 5.19. The van der Waals surface area contributed by atoms with Gasteiger partial charge in [0.1, 0.15) is 5.56 Å². The lowest BCUT2D eigenvalue weighted by Crippen LogP contribution is -2.18. The number of hydrogen-bond donors (Lipinski definition) is 0. The van der Waals surface area contributed by atoms with Crippen LogP contribution in [0.5, 0.6) is 0 Å². The van der Waals surface area contributed by atoms with Crippen molar-refractivity contribution in [2.45, 2.75) is 26.2 Å². The van der Waals surface area contributed by atoms with Gasteiger partial charge in [-0.3, -0.25) is 4.79 Å². The molecule has 3 rings (SSSR count). The number of rotatable bonds is 1. The highest BCUT2D eigenvalue weighted by Gasteiger charge is 2.38. The molecule has 2 aromatic rings. The normalized spacial score (nSPS) is 14.3. The molecule has 0 saturated heterocycles. The van der Waals surface area contributed by atoms with E-state index in [1.165, 1.54) is 6.07 Å². The summed E-state index contributed by atoms with van der Waals surface area (Å²) in [6, 6.07) is 6.13. The van der Waals surface area contributed by atoms with Gasteiger partial charge < -0.3 is 5.21 Å². The molecule has 0 spiro atoms. The van der Waals surface area contributed by atoms with Gasteiger partial charge in [0, 0.05) is 6.07 Å². The first-order valence-corrected chi connectivity index (χ1v) is 7.29. The maximum atomic E-state index is 13.4. The van der Waals surface area contributed by atoms with E-state index in [9.17, 15) is 23.2 Å². The van der Waals surface area contributed by atoms with Crippen LogP contribution in [0.3, 0.4) is 0 Å². The summed E-state index contributed by atoms with van der Waals surface area (Å²) >= 11 is 0. The van der Waals surface area contributed by atoms with E-state index in [1.807, 2.05) is 20.8 Å². The number of ketones is 1. The van der Waals surface area contributed by atoms with E-state index in [-0.39, 0.29) is 22.2 Å². The maximum Gasteiger partial charge on any atom is 0.273 e. The van der Waals surface area contributed by atoms with Gasteiger partial charge in [-0.1, -0.05) is 26.8 Å². The average molecular weight is 333 g/mol. The third-order valence-corrected chi connectivity index (χ3v) is 4.00. The van der Waals surface area contributed by atoms with Crippen molar-refractivity contribution in [2.24, 2.45) is 0 Å². The van der Waals surface area contributed by atoms with Crippen molar-refractivity contribution in [1.82, 2.24) is 0 Å². The lowest BCUT2D eigenvalue weighted by Gasteiger charge is -2.19. The first kappa shape index (κ1) is 16.2. The number of Topliss-reactive ketones (excluding diaryl/α,β-unsaturated/α-hetero) is 1.